The van der Waals surface area contributed by atoms with E-state index in [1.807, 2.05) is 6.92 Å². The largest absolute Gasteiger partial charge is 0.336 e. The van der Waals surface area contributed by atoms with E-state index in [9.17, 15) is 13.2 Å². The molecule has 15 heavy (non-hydrogen) atoms. The smallest absolute Gasteiger partial charge is 0.222 e. The minimum absolute atomic E-state index is 0.0563. The van der Waals surface area contributed by atoms with E-state index >= 15 is 0 Å². The first-order valence-corrected chi connectivity index (χ1v) is 7.09. The van der Waals surface area contributed by atoms with Gasteiger partial charge in [0.15, 0.2) is 9.84 Å². The van der Waals surface area contributed by atoms with Crippen molar-refractivity contribution < 1.29 is 13.2 Å². The van der Waals surface area contributed by atoms with E-state index in [1.54, 1.807) is 4.90 Å². The summed E-state index contributed by atoms with van der Waals surface area (Å²) in [5.41, 5.74) is 0. The van der Waals surface area contributed by atoms with Gasteiger partial charge in [-0.3, -0.25) is 4.79 Å². The summed E-state index contributed by atoms with van der Waals surface area (Å²) in [4.78, 5) is 13.4. The predicted octanol–water partition coefficient (Wildman–Crippen LogP) is -1.01. The van der Waals surface area contributed by atoms with Crippen molar-refractivity contribution in [1.29, 1.82) is 0 Å². The van der Waals surface area contributed by atoms with Crippen molar-refractivity contribution in [2.24, 2.45) is 0 Å². The van der Waals surface area contributed by atoms with Gasteiger partial charge in [-0.05, 0) is 0 Å². The zero-order valence-electron chi connectivity index (χ0n) is 8.77. The van der Waals surface area contributed by atoms with Gasteiger partial charge in [-0.2, -0.15) is 0 Å². The van der Waals surface area contributed by atoms with Gasteiger partial charge in [0.2, 0.25) is 5.91 Å². The molecule has 0 aromatic carbocycles. The number of amides is 1. The summed E-state index contributed by atoms with van der Waals surface area (Å²) in [5, 5.41) is 3.17. The number of rotatable bonds is 1. The molecule has 0 bridgehead atoms. The van der Waals surface area contributed by atoms with Crippen LogP contribution in [0.25, 0.3) is 0 Å². The van der Waals surface area contributed by atoms with Crippen molar-refractivity contribution >= 4 is 15.7 Å². The zero-order valence-corrected chi connectivity index (χ0v) is 9.59. The molecule has 1 amide bonds. The molecule has 0 saturated carbocycles. The molecule has 6 heteroatoms. The maximum absolute atomic E-state index is 11.6. The van der Waals surface area contributed by atoms with Crippen molar-refractivity contribution in [3.63, 3.8) is 0 Å². The standard InChI is InChI=1S/C9H16N2O3S/c1-2-9(12)11-4-3-10-7-5-15(13,14)6-8(7)11/h7-8,10H,2-6H2,1H3/t7-,8-/m0/s1. The summed E-state index contributed by atoms with van der Waals surface area (Å²) in [6.07, 6.45) is 0.448. The number of carbonyl (C=O) groups is 1. The molecule has 2 saturated heterocycles. The average molecular weight is 232 g/mol. The Morgan fingerprint density at radius 2 is 2.20 bits per heavy atom. The van der Waals surface area contributed by atoms with E-state index in [0.29, 0.717) is 19.5 Å². The summed E-state index contributed by atoms with van der Waals surface area (Å²) < 4.78 is 23.0. The summed E-state index contributed by atoms with van der Waals surface area (Å²) in [7, 11) is -2.96. The van der Waals surface area contributed by atoms with Crippen LogP contribution in [-0.4, -0.2) is 55.9 Å². The molecule has 0 unspecified atom stereocenters. The second kappa shape index (κ2) is 3.75. The molecule has 0 aliphatic carbocycles. The molecule has 0 aromatic rings. The number of carbonyl (C=O) groups excluding carboxylic acids is 1. The van der Waals surface area contributed by atoms with Crippen LogP contribution < -0.4 is 5.32 Å². The number of nitrogens with one attached hydrogen (secondary N) is 1. The van der Waals surface area contributed by atoms with Gasteiger partial charge in [0.25, 0.3) is 0 Å². The molecule has 2 fully saturated rings. The van der Waals surface area contributed by atoms with E-state index in [0.717, 1.165) is 0 Å². The Morgan fingerprint density at radius 3 is 2.87 bits per heavy atom. The Kier molecular flexibility index (Phi) is 2.72. The van der Waals surface area contributed by atoms with Crippen LogP contribution in [0, 0.1) is 0 Å². The maximum Gasteiger partial charge on any atom is 0.222 e. The van der Waals surface area contributed by atoms with E-state index in [2.05, 4.69) is 5.32 Å². The molecule has 2 atom stereocenters. The molecule has 86 valence electrons. The average Bonchev–Trinajstić information content (AvgIpc) is 2.49. The third-order valence-electron chi connectivity index (χ3n) is 3.11. The van der Waals surface area contributed by atoms with Gasteiger partial charge in [0.1, 0.15) is 0 Å². The molecular weight excluding hydrogens is 216 g/mol. The molecular formula is C9H16N2O3S. The summed E-state index contributed by atoms with van der Waals surface area (Å²) in [6.45, 7) is 3.13. The number of piperazine rings is 1. The fraction of sp³-hybridized carbons (Fsp3) is 0.889. The molecule has 2 aliphatic heterocycles. The van der Waals surface area contributed by atoms with Gasteiger partial charge < -0.3 is 10.2 Å². The lowest BCUT2D eigenvalue weighted by atomic mass is 10.1. The summed E-state index contributed by atoms with van der Waals surface area (Å²) in [5.74, 6) is 0.352. The lowest BCUT2D eigenvalue weighted by Crippen LogP contribution is -2.58. The molecule has 5 nitrogen and oxygen atoms in total. The van der Waals surface area contributed by atoms with Crippen LogP contribution in [0.4, 0.5) is 0 Å². The van der Waals surface area contributed by atoms with Gasteiger partial charge >= 0.3 is 0 Å². The number of sulfone groups is 1. The van der Waals surface area contributed by atoms with Crippen LogP contribution in [0.3, 0.4) is 0 Å². The van der Waals surface area contributed by atoms with E-state index < -0.39 is 9.84 Å². The van der Waals surface area contributed by atoms with Crippen molar-refractivity contribution in [2.45, 2.75) is 25.4 Å². The Morgan fingerprint density at radius 1 is 1.47 bits per heavy atom. The lowest BCUT2D eigenvalue weighted by Gasteiger charge is -2.37. The van der Waals surface area contributed by atoms with Gasteiger partial charge in [0.05, 0.1) is 17.5 Å². The minimum Gasteiger partial charge on any atom is -0.336 e. The maximum atomic E-state index is 11.6. The summed E-state index contributed by atoms with van der Waals surface area (Å²) >= 11 is 0. The highest BCUT2D eigenvalue weighted by atomic mass is 32.2. The highest BCUT2D eigenvalue weighted by molar-refractivity contribution is 7.91. The first-order chi connectivity index (χ1) is 7.03. The Bertz CT molecular complexity index is 366. The minimum atomic E-state index is -2.96. The molecule has 2 rings (SSSR count). The SMILES string of the molecule is CCC(=O)N1CCN[C@H]2CS(=O)(=O)C[C@@H]21. The van der Waals surface area contributed by atoms with E-state index in [1.165, 1.54) is 0 Å². The zero-order chi connectivity index (χ0) is 11.1. The third kappa shape index (κ3) is 2.01. The molecule has 0 aromatic heterocycles. The third-order valence-corrected chi connectivity index (χ3v) is 4.82. The Hall–Kier alpha value is -0.620. The van der Waals surface area contributed by atoms with E-state index in [-0.39, 0.29) is 29.5 Å². The molecule has 2 aliphatic rings. The normalized spacial score (nSPS) is 33.8. The van der Waals surface area contributed by atoms with Crippen LogP contribution in [0.5, 0.6) is 0 Å². The van der Waals surface area contributed by atoms with Crippen molar-refractivity contribution in [3.8, 4) is 0 Å². The molecule has 1 N–H and O–H groups in total. The number of fused-ring (bicyclic) bond motifs is 1. The van der Waals surface area contributed by atoms with Crippen LogP contribution in [0.1, 0.15) is 13.3 Å². The van der Waals surface area contributed by atoms with Gasteiger partial charge in [-0.1, -0.05) is 6.92 Å². The fourth-order valence-electron chi connectivity index (χ4n) is 2.38. The number of hydrogen-bond donors (Lipinski definition) is 1. The second-order valence-electron chi connectivity index (χ2n) is 4.15. The van der Waals surface area contributed by atoms with Gasteiger partial charge in [-0.15, -0.1) is 0 Å². The van der Waals surface area contributed by atoms with Crippen molar-refractivity contribution in [2.75, 3.05) is 24.6 Å². The molecule has 0 radical (unpaired) electrons. The Labute approximate surface area is 89.7 Å². The van der Waals surface area contributed by atoms with Gasteiger partial charge in [-0.25, -0.2) is 8.42 Å². The van der Waals surface area contributed by atoms with Crippen LogP contribution in [-0.2, 0) is 14.6 Å². The molecule has 0 spiro atoms. The van der Waals surface area contributed by atoms with E-state index in [4.69, 9.17) is 0 Å². The fourth-order valence-corrected chi connectivity index (χ4v) is 4.34. The monoisotopic (exact) mass is 232 g/mol. The van der Waals surface area contributed by atoms with Crippen molar-refractivity contribution in [1.82, 2.24) is 10.2 Å². The predicted molar refractivity (Wildman–Crippen MR) is 56.2 cm³/mol. The first kappa shape index (κ1) is 10.9. The van der Waals surface area contributed by atoms with Crippen molar-refractivity contribution in [3.05, 3.63) is 0 Å². The number of hydrogen-bond acceptors (Lipinski definition) is 4. The van der Waals surface area contributed by atoms with Gasteiger partial charge in [0, 0.05) is 25.6 Å². The second-order valence-corrected chi connectivity index (χ2v) is 6.30. The van der Waals surface area contributed by atoms with Crippen LogP contribution >= 0.6 is 0 Å². The first-order valence-electron chi connectivity index (χ1n) is 5.27. The highest BCUT2D eigenvalue weighted by Crippen LogP contribution is 2.21. The lowest BCUT2D eigenvalue weighted by molar-refractivity contribution is -0.134. The Balaban J connectivity index is 2.19. The summed E-state index contributed by atoms with van der Waals surface area (Å²) in [6, 6.07) is -0.199. The quantitative estimate of drug-likeness (QED) is 0.629. The number of nitrogens with zero attached hydrogens (tertiary/aromatic N) is 1. The van der Waals surface area contributed by atoms with Crippen LogP contribution in [0.15, 0.2) is 0 Å². The highest BCUT2D eigenvalue weighted by Gasteiger charge is 2.43. The van der Waals surface area contributed by atoms with Crippen LogP contribution in [0.2, 0.25) is 0 Å². The molecule has 2 heterocycles. The topological polar surface area (TPSA) is 66.5 Å².